The molecule has 0 amide bonds. The van der Waals surface area contributed by atoms with Crippen molar-refractivity contribution in [3.8, 4) is 33.4 Å². The second-order valence-electron chi connectivity index (χ2n) is 12.5. The van der Waals surface area contributed by atoms with Gasteiger partial charge in [0.25, 0.3) is 0 Å². The van der Waals surface area contributed by atoms with Crippen LogP contribution in [0, 0.1) is 0 Å². The molecule has 0 N–H and O–H groups in total. The van der Waals surface area contributed by atoms with Gasteiger partial charge in [-0.2, -0.15) is 0 Å². The van der Waals surface area contributed by atoms with E-state index in [1.54, 1.807) is 0 Å². The third-order valence-electron chi connectivity index (χ3n) is 9.42. The van der Waals surface area contributed by atoms with E-state index in [9.17, 15) is 0 Å². The number of hydrogen-bond acceptors (Lipinski definition) is 4. The van der Waals surface area contributed by atoms with Crippen LogP contribution in [0.5, 0.6) is 0 Å². The third-order valence-corrected chi connectivity index (χ3v) is 9.42. The Kier molecular flexibility index (Phi) is 7.52. The van der Waals surface area contributed by atoms with Crippen molar-refractivity contribution < 1.29 is 4.42 Å². The molecule has 0 saturated heterocycles. The molecule has 1 aliphatic rings. The molecule has 0 radical (unpaired) electrons. The van der Waals surface area contributed by atoms with Crippen molar-refractivity contribution >= 4 is 50.9 Å². The van der Waals surface area contributed by atoms with Crippen LogP contribution in [0.4, 0.5) is 22.7 Å². The molecule has 9 rings (SSSR count). The van der Waals surface area contributed by atoms with Crippen LogP contribution in [-0.4, -0.2) is 12.9 Å². The highest BCUT2D eigenvalue weighted by Crippen LogP contribution is 2.40. The summed E-state index contributed by atoms with van der Waals surface area (Å²) in [7, 11) is 0. The molecule has 0 bridgehead atoms. The van der Waals surface area contributed by atoms with Crippen LogP contribution >= 0.6 is 0 Å². The lowest BCUT2D eigenvalue weighted by molar-refractivity contribution is 0.670. The summed E-state index contributed by atoms with van der Waals surface area (Å²) in [5.74, 6) is 0. The lowest BCUT2D eigenvalue weighted by Gasteiger charge is -2.27. The summed E-state index contributed by atoms with van der Waals surface area (Å²) in [6, 6.07) is 60.2. The van der Waals surface area contributed by atoms with Crippen LogP contribution in [0.25, 0.3) is 55.3 Å². The minimum Gasteiger partial charge on any atom is -0.455 e. The van der Waals surface area contributed by atoms with Crippen molar-refractivity contribution in [2.45, 2.75) is 0 Å². The van der Waals surface area contributed by atoms with Gasteiger partial charge >= 0.3 is 0 Å². The summed E-state index contributed by atoms with van der Waals surface area (Å²) in [6.45, 7) is 0.618. The zero-order valence-electron chi connectivity index (χ0n) is 27.4. The maximum absolute atomic E-state index is 6.36. The normalized spacial score (nSPS) is 12.5. The number of rotatable bonds is 7. The van der Waals surface area contributed by atoms with E-state index in [2.05, 4.69) is 179 Å². The SMILES string of the molecule is C1=CN(c2ccc(N(c3ccc(-c4ccc(-c5ccccc5)cc4)cc3)c3ccc(-c4cccc5c4oc4ccccc45)cc3)cc2)CN=C1. The molecule has 4 nitrogen and oxygen atoms in total. The molecular formula is C46H33N3O. The molecule has 1 aromatic heterocycles. The lowest BCUT2D eigenvalue weighted by atomic mass is 10.00. The molecule has 0 saturated carbocycles. The Bertz CT molecular complexity index is 2480. The first-order valence-corrected chi connectivity index (χ1v) is 16.9. The molecule has 8 aromatic rings. The van der Waals surface area contributed by atoms with Gasteiger partial charge in [0.05, 0.1) is 0 Å². The van der Waals surface area contributed by atoms with Gasteiger partial charge in [0.2, 0.25) is 0 Å². The van der Waals surface area contributed by atoms with Crippen molar-refractivity contribution in [2.75, 3.05) is 16.5 Å². The van der Waals surface area contributed by atoms with Crippen molar-refractivity contribution in [1.82, 2.24) is 0 Å². The van der Waals surface area contributed by atoms with E-state index >= 15 is 0 Å². The first kappa shape index (κ1) is 29.5. The van der Waals surface area contributed by atoms with Gasteiger partial charge in [-0.05, 0) is 88.5 Å². The standard InChI is InChI=1S/C46H33N3O/c1-2-8-33(9-3-1)34-14-16-35(17-15-34)36-18-22-39(23-19-36)49(41-28-26-38(27-29-41)48-31-7-30-47-32-48)40-24-20-37(21-25-40)42-11-6-12-44-43-10-4-5-13-45(43)50-46(42)44/h1-31H,32H2. The quantitative estimate of drug-likeness (QED) is 0.173. The summed E-state index contributed by atoms with van der Waals surface area (Å²) in [5.41, 5.74) is 13.1. The van der Waals surface area contributed by atoms with Gasteiger partial charge < -0.3 is 14.2 Å². The molecule has 50 heavy (non-hydrogen) atoms. The second kappa shape index (κ2) is 12.8. The fourth-order valence-corrected chi connectivity index (χ4v) is 6.85. The first-order valence-electron chi connectivity index (χ1n) is 16.9. The Balaban J connectivity index is 1.06. The smallest absolute Gasteiger partial charge is 0.143 e. The lowest BCUT2D eigenvalue weighted by Crippen LogP contribution is -2.18. The van der Waals surface area contributed by atoms with Gasteiger partial charge in [0.15, 0.2) is 0 Å². The van der Waals surface area contributed by atoms with Crippen LogP contribution in [-0.2, 0) is 0 Å². The number of benzene rings is 7. The summed E-state index contributed by atoms with van der Waals surface area (Å²) in [5, 5.41) is 2.27. The van der Waals surface area contributed by atoms with Crippen LogP contribution in [0.1, 0.15) is 0 Å². The number of aliphatic imine (C=N–C) groups is 1. The average Bonchev–Trinajstić information content (AvgIpc) is 3.59. The molecule has 2 heterocycles. The highest BCUT2D eigenvalue weighted by Gasteiger charge is 2.16. The van der Waals surface area contributed by atoms with Crippen LogP contribution in [0.15, 0.2) is 192 Å². The molecule has 0 unspecified atom stereocenters. The molecule has 0 spiro atoms. The van der Waals surface area contributed by atoms with Gasteiger partial charge in [-0.3, -0.25) is 4.99 Å². The highest BCUT2D eigenvalue weighted by molar-refractivity contribution is 6.09. The van der Waals surface area contributed by atoms with E-state index in [0.29, 0.717) is 6.67 Å². The second-order valence-corrected chi connectivity index (χ2v) is 12.5. The minimum atomic E-state index is 0.618. The maximum Gasteiger partial charge on any atom is 0.143 e. The monoisotopic (exact) mass is 643 g/mol. The predicted octanol–water partition coefficient (Wildman–Crippen LogP) is 12.4. The maximum atomic E-state index is 6.36. The Morgan fingerprint density at radius 1 is 0.480 bits per heavy atom. The largest absolute Gasteiger partial charge is 0.455 e. The first-order chi connectivity index (χ1) is 24.8. The Labute approximate surface area is 291 Å². The minimum absolute atomic E-state index is 0.618. The van der Waals surface area contributed by atoms with E-state index in [1.165, 1.54) is 22.3 Å². The number of fused-ring (bicyclic) bond motifs is 3. The molecule has 1 aliphatic heterocycles. The highest BCUT2D eigenvalue weighted by atomic mass is 16.3. The number of allylic oxidation sites excluding steroid dienone is 1. The van der Waals surface area contributed by atoms with Gasteiger partial charge in [0, 0.05) is 51.5 Å². The molecule has 0 atom stereocenters. The molecular weight excluding hydrogens is 611 g/mol. The van der Waals surface area contributed by atoms with E-state index in [-0.39, 0.29) is 0 Å². The zero-order valence-corrected chi connectivity index (χ0v) is 27.4. The van der Waals surface area contributed by atoms with E-state index < -0.39 is 0 Å². The number of anilines is 4. The van der Waals surface area contributed by atoms with E-state index in [1.807, 2.05) is 24.4 Å². The molecule has 4 heteroatoms. The number of para-hydroxylation sites is 2. The summed E-state index contributed by atoms with van der Waals surface area (Å²) < 4.78 is 6.36. The molecule has 7 aromatic carbocycles. The fourth-order valence-electron chi connectivity index (χ4n) is 6.85. The summed E-state index contributed by atoms with van der Waals surface area (Å²) in [6.07, 6.45) is 5.87. The number of nitrogens with zero attached hydrogens (tertiary/aromatic N) is 3. The summed E-state index contributed by atoms with van der Waals surface area (Å²) >= 11 is 0. The van der Waals surface area contributed by atoms with Crippen molar-refractivity contribution in [2.24, 2.45) is 4.99 Å². The van der Waals surface area contributed by atoms with Crippen LogP contribution < -0.4 is 9.80 Å². The third kappa shape index (κ3) is 5.53. The van der Waals surface area contributed by atoms with Gasteiger partial charge in [-0.25, -0.2) is 0 Å². The van der Waals surface area contributed by atoms with Crippen LogP contribution in [0.3, 0.4) is 0 Å². The van der Waals surface area contributed by atoms with Crippen molar-refractivity contribution in [3.63, 3.8) is 0 Å². The number of hydrogen-bond donors (Lipinski definition) is 0. The topological polar surface area (TPSA) is 32.0 Å². The van der Waals surface area contributed by atoms with Gasteiger partial charge in [-0.15, -0.1) is 0 Å². The van der Waals surface area contributed by atoms with Crippen molar-refractivity contribution in [1.29, 1.82) is 0 Å². The average molecular weight is 644 g/mol. The Hall–Kier alpha value is -6.65. The van der Waals surface area contributed by atoms with Gasteiger partial charge in [-0.1, -0.05) is 115 Å². The predicted molar refractivity (Wildman–Crippen MR) is 210 cm³/mol. The Morgan fingerprint density at radius 2 is 1.02 bits per heavy atom. The van der Waals surface area contributed by atoms with Crippen molar-refractivity contribution in [3.05, 3.63) is 182 Å². The van der Waals surface area contributed by atoms with E-state index in [0.717, 1.165) is 55.8 Å². The molecule has 238 valence electrons. The zero-order chi connectivity index (χ0) is 33.3. The van der Waals surface area contributed by atoms with Crippen LogP contribution in [0.2, 0.25) is 0 Å². The van der Waals surface area contributed by atoms with E-state index in [4.69, 9.17) is 4.42 Å². The fraction of sp³-hybridized carbons (Fsp3) is 0.0217. The summed E-state index contributed by atoms with van der Waals surface area (Å²) in [4.78, 5) is 8.85. The molecule has 0 fully saturated rings. The van der Waals surface area contributed by atoms with Gasteiger partial charge in [0.1, 0.15) is 17.8 Å². The number of furan rings is 1. The Morgan fingerprint density at radius 3 is 1.66 bits per heavy atom. The molecule has 0 aliphatic carbocycles.